The molecule has 1 fully saturated rings. The first-order valence-electron chi connectivity index (χ1n) is 7.17. The Hall–Kier alpha value is -0.170. The molecule has 0 amide bonds. The number of rotatable bonds is 6. The molecule has 0 aromatic carbocycles. The number of nitrogens with two attached hydrogens (primary N) is 1. The number of hydrogen-bond donors (Lipinski definition) is 2. The Morgan fingerprint density at radius 2 is 2.00 bits per heavy atom. The van der Waals surface area contributed by atoms with Crippen LogP contribution < -0.4 is 11.3 Å². The second-order valence-electron chi connectivity index (χ2n) is 6.24. The Morgan fingerprint density at radius 1 is 1.37 bits per heavy atom. The topological polar surface area (TPSA) is 75.4 Å². The molecule has 0 radical (unpaired) electrons. The van der Waals surface area contributed by atoms with Crippen LogP contribution in [0, 0.1) is 17.8 Å². The molecule has 3 unspecified atom stereocenters. The van der Waals surface area contributed by atoms with Crippen molar-refractivity contribution in [2.75, 3.05) is 19.3 Å². The van der Waals surface area contributed by atoms with Gasteiger partial charge in [-0.25, -0.2) is 12.7 Å². The number of piperidine rings is 1. The van der Waals surface area contributed by atoms with Crippen molar-refractivity contribution in [3.63, 3.8) is 0 Å². The summed E-state index contributed by atoms with van der Waals surface area (Å²) >= 11 is 0. The molecule has 0 aliphatic carbocycles. The van der Waals surface area contributed by atoms with Gasteiger partial charge in [0.05, 0.1) is 6.26 Å². The Balaban J connectivity index is 2.60. The highest BCUT2D eigenvalue weighted by atomic mass is 32.2. The van der Waals surface area contributed by atoms with E-state index in [0.29, 0.717) is 30.8 Å². The molecule has 1 rings (SSSR count). The molecule has 0 aromatic heterocycles. The van der Waals surface area contributed by atoms with E-state index >= 15 is 0 Å². The highest BCUT2D eigenvalue weighted by Gasteiger charge is 2.29. The van der Waals surface area contributed by atoms with Crippen LogP contribution in [0.25, 0.3) is 0 Å². The van der Waals surface area contributed by atoms with Gasteiger partial charge in [-0.3, -0.25) is 11.3 Å². The van der Waals surface area contributed by atoms with Gasteiger partial charge in [0.2, 0.25) is 10.0 Å². The lowest BCUT2D eigenvalue weighted by molar-refractivity contribution is 0.200. The smallest absolute Gasteiger partial charge is 0.211 e. The fourth-order valence-electron chi connectivity index (χ4n) is 2.78. The minimum atomic E-state index is -3.06. The maximum absolute atomic E-state index is 11.6. The van der Waals surface area contributed by atoms with E-state index in [1.54, 1.807) is 4.31 Å². The third-order valence-corrected chi connectivity index (χ3v) is 5.71. The monoisotopic (exact) mass is 291 g/mol. The van der Waals surface area contributed by atoms with E-state index in [4.69, 9.17) is 5.84 Å². The summed E-state index contributed by atoms with van der Waals surface area (Å²) in [5, 5.41) is 0. The van der Waals surface area contributed by atoms with Crippen LogP contribution in [0.5, 0.6) is 0 Å². The Labute approximate surface area is 117 Å². The van der Waals surface area contributed by atoms with Gasteiger partial charge in [0.25, 0.3) is 0 Å². The van der Waals surface area contributed by atoms with Crippen LogP contribution >= 0.6 is 0 Å². The van der Waals surface area contributed by atoms with E-state index in [2.05, 4.69) is 26.2 Å². The van der Waals surface area contributed by atoms with Gasteiger partial charge in [0.1, 0.15) is 0 Å². The largest absolute Gasteiger partial charge is 0.271 e. The van der Waals surface area contributed by atoms with Crippen LogP contribution in [0.1, 0.15) is 40.0 Å². The van der Waals surface area contributed by atoms with Crippen LogP contribution in [-0.4, -0.2) is 38.1 Å². The van der Waals surface area contributed by atoms with Gasteiger partial charge in [-0.1, -0.05) is 20.8 Å². The van der Waals surface area contributed by atoms with E-state index in [9.17, 15) is 8.42 Å². The first-order chi connectivity index (χ1) is 8.75. The van der Waals surface area contributed by atoms with E-state index in [1.165, 1.54) is 6.26 Å². The van der Waals surface area contributed by atoms with Crippen molar-refractivity contribution >= 4 is 10.0 Å². The predicted octanol–water partition coefficient (Wildman–Crippen LogP) is 1.17. The Kier molecular flexibility index (Phi) is 6.23. The van der Waals surface area contributed by atoms with Gasteiger partial charge in [-0.05, 0) is 37.0 Å². The average molecular weight is 291 g/mol. The summed E-state index contributed by atoms with van der Waals surface area (Å²) in [4.78, 5) is 0. The summed E-state index contributed by atoms with van der Waals surface area (Å²) in [7, 11) is -3.06. The summed E-state index contributed by atoms with van der Waals surface area (Å²) in [6.07, 6.45) is 4.28. The molecule has 0 aromatic rings. The van der Waals surface area contributed by atoms with Gasteiger partial charge in [-0.2, -0.15) is 0 Å². The first-order valence-corrected chi connectivity index (χ1v) is 9.01. The highest BCUT2D eigenvalue weighted by Crippen LogP contribution is 2.26. The van der Waals surface area contributed by atoms with Crippen LogP contribution in [0.2, 0.25) is 0 Å². The Morgan fingerprint density at radius 3 is 2.47 bits per heavy atom. The van der Waals surface area contributed by atoms with Gasteiger partial charge >= 0.3 is 0 Å². The molecule has 1 heterocycles. The zero-order chi connectivity index (χ0) is 14.6. The maximum Gasteiger partial charge on any atom is 0.211 e. The van der Waals surface area contributed by atoms with Crippen LogP contribution in [0.4, 0.5) is 0 Å². The van der Waals surface area contributed by atoms with Gasteiger partial charge in [0.15, 0.2) is 0 Å². The van der Waals surface area contributed by atoms with Crippen LogP contribution in [0.15, 0.2) is 0 Å². The van der Waals surface area contributed by atoms with Gasteiger partial charge < -0.3 is 0 Å². The van der Waals surface area contributed by atoms with Crippen molar-refractivity contribution in [1.29, 1.82) is 0 Å². The molecule has 3 atom stereocenters. The number of hydrazine groups is 1. The summed E-state index contributed by atoms with van der Waals surface area (Å²) in [5.74, 6) is 7.13. The zero-order valence-electron chi connectivity index (χ0n) is 12.6. The van der Waals surface area contributed by atoms with Crippen molar-refractivity contribution < 1.29 is 8.42 Å². The molecular weight excluding hydrogens is 262 g/mol. The minimum absolute atomic E-state index is 0.254. The molecule has 19 heavy (non-hydrogen) atoms. The average Bonchev–Trinajstić information content (AvgIpc) is 2.34. The standard InChI is InChI=1S/C13H29N3O2S/c1-10(2)11(3)13(15-14)8-12-6-5-7-16(9-12)19(4,17)18/h10-13,15H,5-9,14H2,1-4H3. The predicted molar refractivity (Wildman–Crippen MR) is 78.9 cm³/mol. The lowest BCUT2D eigenvalue weighted by atomic mass is 9.83. The first kappa shape index (κ1) is 16.9. The van der Waals surface area contributed by atoms with Crippen molar-refractivity contribution in [1.82, 2.24) is 9.73 Å². The lowest BCUT2D eigenvalue weighted by Crippen LogP contribution is -2.46. The zero-order valence-corrected chi connectivity index (χ0v) is 13.4. The number of nitrogens with one attached hydrogen (secondary N) is 1. The summed E-state index contributed by atoms with van der Waals surface area (Å²) < 4.78 is 24.8. The quantitative estimate of drug-likeness (QED) is 0.569. The third-order valence-electron chi connectivity index (χ3n) is 4.44. The third kappa shape index (κ3) is 5.02. The molecule has 0 spiro atoms. The number of nitrogens with zero attached hydrogens (tertiary/aromatic N) is 1. The van der Waals surface area contributed by atoms with Crippen molar-refractivity contribution in [3.05, 3.63) is 0 Å². The molecule has 1 saturated heterocycles. The van der Waals surface area contributed by atoms with Gasteiger partial charge in [0, 0.05) is 19.1 Å². The van der Waals surface area contributed by atoms with Gasteiger partial charge in [-0.15, -0.1) is 0 Å². The number of hydrogen-bond acceptors (Lipinski definition) is 4. The van der Waals surface area contributed by atoms with E-state index in [-0.39, 0.29) is 6.04 Å². The van der Waals surface area contributed by atoms with Crippen molar-refractivity contribution in [2.45, 2.75) is 46.1 Å². The van der Waals surface area contributed by atoms with E-state index in [0.717, 1.165) is 19.3 Å². The normalized spacial score (nSPS) is 25.5. The summed E-state index contributed by atoms with van der Waals surface area (Å²) in [5.41, 5.74) is 2.92. The Bertz CT molecular complexity index is 370. The number of sulfonamides is 1. The molecule has 3 N–H and O–H groups in total. The van der Waals surface area contributed by atoms with Crippen LogP contribution in [0.3, 0.4) is 0 Å². The molecule has 1 aliphatic rings. The SMILES string of the molecule is CC(C)C(C)C(CC1CCCN(S(C)(=O)=O)C1)NN. The minimum Gasteiger partial charge on any atom is -0.271 e. The second kappa shape index (κ2) is 7.02. The fraction of sp³-hybridized carbons (Fsp3) is 1.00. The van der Waals surface area contributed by atoms with E-state index < -0.39 is 10.0 Å². The molecule has 6 heteroatoms. The summed E-state index contributed by atoms with van der Waals surface area (Å²) in [6.45, 7) is 7.89. The summed E-state index contributed by atoms with van der Waals surface area (Å²) in [6, 6.07) is 0.254. The second-order valence-corrected chi connectivity index (χ2v) is 8.22. The van der Waals surface area contributed by atoms with Crippen LogP contribution in [-0.2, 0) is 10.0 Å². The molecule has 114 valence electrons. The molecule has 0 saturated carbocycles. The highest BCUT2D eigenvalue weighted by molar-refractivity contribution is 7.88. The molecule has 0 bridgehead atoms. The van der Waals surface area contributed by atoms with Crippen molar-refractivity contribution in [3.8, 4) is 0 Å². The molecule has 1 aliphatic heterocycles. The fourth-order valence-corrected chi connectivity index (χ4v) is 3.72. The molecule has 5 nitrogen and oxygen atoms in total. The lowest BCUT2D eigenvalue weighted by Gasteiger charge is -2.35. The maximum atomic E-state index is 11.6. The molecular formula is C13H29N3O2S. The van der Waals surface area contributed by atoms with Crippen molar-refractivity contribution in [2.24, 2.45) is 23.6 Å². The van der Waals surface area contributed by atoms with E-state index in [1.807, 2.05) is 0 Å².